The molecule has 0 aliphatic carbocycles. The molecule has 6 rings (SSSR count). The second-order valence-corrected chi connectivity index (χ2v) is 7.05. The first-order valence-electron chi connectivity index (χ1n) is 8.30. The summed E-state index contributed by atoms with van der Waals surface area (Å²) in [7, 11) is 0. The van der Waals surface area contributed by atoms with Crippen LogP contribution in [-0.4, -0.2) is 49.9 Å². The van der Waals surface area contributed by atoms with Gasteiger partial charge in [-0.15, -0.1) is 15.3 Å². The molecule has 3 fully saturated rings. The van der Waals surface area contributed by atoms with Gasteiger partial charge < -0.3 is 4.90 Å². The summed E-state index contributed by atoms with van der Waals surface area (Å²) in [6.45, 7) is 2.32. The summed E-state index contributed by atoms with van der Waals surface area (Å²) in [4.78, 5) is 4.62. The Bertz CT molecular complexity index is 912. The number of fused-ring (bicyclic) bond motifs is 3. The smallest absolute Gasteiger partial charge is 0.177 e. The number of aromatic nitrogens is 4. The van der Waals surface area contributed by atoms with Crippen molar-refractivity contribution in [3.8, 4) is 0 Å². The van der Waals surface area contributed by atoms with Crippen LogP contribution in [0.1, 0.15) is 12.0 Å². The number of hydrogen-bond donors (Lipinski definition) is 0. The van der Waals surface area contributed by atoms with Crippen LogP contribution in [0.2, 0.25) is 5.02 Å². The number of hydrogen-bond acceptors (Lipinski definition) is 5. The molecule has 5 heterocycles. The molecule has 8 heteroatoms. The predicted molar refractivity (Wildman–Crippen MR) is 92.1 cm³/mol. The summed E-state index contributed by atoms with van der Waals surface area (Å²) in [6, 6.07) is 9.56. The number of piperazine rings is 1. The highest BCUT2D eigenvalue weighted by Crippen LogP contribution is 2.36. The van der Waals surface area contributed by atoms with E-state index in [1.54, 1.807) is 23.0 Å². The monoisotopic (exact) mass is 358 g/mol. The number of benzene rings is 1. The van der Waals surface area contributed by atoms with E-state index in [2.05, 4.69) is 25.1 Å². The van der Waals surface area contributed by atoms with Gasteiger partial charge in [-0.25, -0.2) is 4.39 Å². The molecule has 2 bridgehead atoms. The SMILES string of the molecule is Fc1cccc(Cl)c1CN1C2CC1CN(c1ccc3nncn3n1)C2. The van der Waals surface area contributed by atoms with Crippen LogP contribution < -0.4 is 4.90 Å². The van der Waals surface area contributed by atoms with Crippen molar-refractivity contribution in [2.24, 2.45) is 0 Å². The second-order valence-electron chi connectivity index (χ2n) is 6.65. The molecule has 3 aliphatic heterocycles. The minimum Gasteiger partial charge on any atom is -0.352 e. The van der Waals surface area contributed by atoms with Gasteiger partial charge in [-0.05, 0) is 30.7 Å². The van der Waals surface area contributed by atoms with Crippen LogP contribution in [-0.2, 0) is 6.54 Å². The fourth-order valence-corrected chi connectivity index (χ4v) is 4.11. The number of piperidine rings is 1. The van der Waals surface area contributed by atoms with Gasteiger partial charge in [0.1, 0.15) is 18.0 Å². The van der Waals surface area contributed by atoms with Crippen molar-refractivity contribution in [3.05, 3.63) is 53.1 Å². The normalized spacial score (nSPS) is 23.0. The van der Waals surface area contributed by atoms with Crippen molar-refractivity contribution in [2.45, 2.75) is 25.0 Å². The van der Waals surface area contributed by atoms with E-state index in [1.807, 2.05) is 12.1 Å². The second kappa shape index (κ2) is 5.64. The molecule has 6 nitrogen and oxygen atoms in total. The molecule has 2 unspecified atom stereocenters. The molecule has 3 saturated heterocycles. The Hall–Kier alpha value is -2.25. The van der Waals surface area contributed by atoms with Crippen LogP contribution in [0.25, 0.3) is 5.65 Å². The molecule has 0 spiro atoms. The van der Waals surface area contributed by atoms with Crippen molar-refractivity contribution < 1.29 is 4.39 Å². The van der Waals surface area contributed by atoms with Crippen LogP contribution in [0.5, 0.6) is 0 Å². The molecule has 25 heavy (non-hydrogen) atoms. The fraction of sp³-hybridized carbons (Fsp3) is 0.353. The maximum atomic E-state index is 14.1. The zero-order chi connectivity index (χ0) is 17.0. The summed E-state index contributed by atoms with van der Waals surface area (Å²) >= 11 is 6.18. The highest BCUT2D eigenvalue weighted by Gasteiger charge is 2.45. The van der Waals surface area contributed by atoms with E-state index in [9.17, 15) is 4.39 Å². The first kappa shape index (κ1) is 15.0. The minimum atomic E-state index is -0.228. The van der Waals surface area contributed by atoms with Crippen LogP contribution >= 0.6 is 11.6 Å². The molecule has 0 N–H and O–H groups in total. The number of nitrogens with zero attached hydrogens (tertiary/aromatic N) is 6. The highest BCUT2D eigenvalue weighted by molar-refractivity contribution is 6.31. The molecular weight excluding hydrogens is 343 g/mol. The Morgan fingerprint density at radius 2 is 2.00 bits per heavy atom. The molecule has 128 valence electrons. The Kier molecular flexibility index (Phi) is 3.39. The lowest BCUT2D eigenvalue weighted by Gasteiger charge is -2.56. The lowest BCUT2D eigenvalue weighted by molar-refractivity contribution is -0.00949. The lowest BCUT2D eigenvalue weighted by Crippen LogP contribution is -2.68. The molecule has 0 amide bonds. The summed E-state index contributed by atoms with van der Waals surface area (Å²) in [5, 5.41) is 12.9. The standard InChI is InChI=1S/C17H16ClFN6/c18-14-2-1-3-15(19)13(14)9-24-11-6-12(24)8-23(7-11)17-5-4-16-21-20-10-25(16)22-17/h1-5,10-12H,6-9H2. The van der Waals surface area contributed by atoms with E-state index in [4.69, 9.17) is 11.6 Å². The number of anilines is 1. The van der Waals surface area contributed by atoms with Crippen molar-refractivity contribution >= 4 is 23.1 Å². The largest absolute Gasteiger partial charge is 0.352 e. The van der Waals surface area contributed by atoms with E-state index in [0.717, 1.165) is 31.0 Å². The molecule has 2 aromatic heterocycles. The van der Waals surface area contributed by atoms with Crippen LogP contribution in [0.4, 0.5) is 10.2 Å². The number of halogens is 2. The van der Waals surface area contributed by atoms with Crippen molar-refractivity contribution in [1.82, 2.24) is 24.7 Å². The van der Waals surface area contributed by atoms with Crippen molar-refractivity contribution in [2.75, 3.05) is 18.0 Å². The van der Waals surface area contributed by atoms with E-state index in [-0.39, 0.29) is 5.82 Å². The van der Waals surface area contributed by atoms with Crippen molar-refractivity contribution in [1.29, 1.82) is 0 Å². The molecular formula is C17H16ClFN6. The van der Waals surface area contributed by atoms with Crippen LogP contribution in [0.3, 0.4) is 0 Å². The molecule has 1 aromatic carbocycles. The third-order valence-electron chi connectivity index (χ3n) is 5.22. The van der Waals surface area contributed by atoms with Crippen molar-refractivity contribution in [3.63, 3.8) is 0 Å². The Balaban J connectivity index is 1.33. The lowest BCUT2D eigenvalue weighted by atomic mass is 9.86. The van der Waals surface area contributed by atoms with Gasteiger partial charge >= 0.3 is 0 Å². The molecule has 0 saturated carbocycles. The maximum absolute atomic E-state index is 14.1. The van der Waals surface area contributed by atoms with E-state index in [1.165, 1.54) is 6.07 Å². The average Bonchev–Trinajstić information content (AvgIpc) is 3.09. The predicted octanol–water partition coefficient (Wildman–Crippen LogP) is 2.38. The van der Waals surface area contributed by atoms with Gasteiger partial charge in [0.15, 0.2) is 5.65 Å². The Morgan fingerprint density at radius 3 is 2.80 bits per heavy atom. The Morgan fingerprint density at radius 1 is 1.16 bits per heavy atom. The van der Waals surface area contributed by atoms with E-state index >= 15 is 0 Å². The molecule has 3 aromatic rings. The zero-order valence-corrected chi connectivity index (χ0v) is 14.1. The van der Waals surface area contributed by atoms with Crippen LogP contribution in [0.15, 0.2) is 36.7 Å². The van der Waals surface area contributed by atoms with Gasteiger partial charge in [0.2, 0.25) is 0 Å². The Labute approximate surface area is 148 Å². The quantitative estimate of drug-likeness (QED) is 0.719. The van der Waals surface area contributed by atoms with E-state index in [0.29, 0.717) is 29.2 Å². The first-order chi connectivity index (χ1) is 12.2. The summed E-state index contributed by atoms with van der Waals surface area (Å²) in [5.41, 5.74) is 1.33. The fourth-order valence-electron chi connectivity index (χ4n) is 3.89. The van der Waals surface area contributed by atoms with Gasteiger partial charge in [0.25, 0.3) is 0 Å². The first-order valence-corrected chi connectivity index (χ1v) is 8.67. The molecule has 3 aliphatic rings. The van der Waals surface area contributed by atoms with Crippen LogP contribution in [0, 0.1) is 5.82 Å². The summed E-state index contributed by atoms with van der Waals surface area (Å²) < 4.78 is 15.7. The third-order valence-corrected chi connectivity index (χ3v) is 5.57. The zero-order valence-electron chi connectivity index (χ0n) is 13.4. The van der Waals surface area contributed by atoms with Gasteiger partial charge in [-0.1, -0.05) is 17.7 Å². The minimum absolute atomic E-state index is 0.228. The van der Waals surface area contributed by atoms with E-state index < -0.39 is 0 Å². The highest BCUT2D eigenvalue weighted by atomic mass is 35.5. The van der Waals surface area contributed by atoms with Gasteiger partial charge in [-0.3, -0.25) is 4.90 Å². The average molecular weight is 359 g/mol. The third kappa shape index (κ3) is 2.46. The van der Waals surface area contributed by atoms with Gasteiger partial charge in [0.05, 0.1) is 0 Å². The van der Waals surface area contributed by atoms with Gasteiger partial charge in [0, 0.05) is 42.3 Å². The maximum Gasteiger partial charge on any atom is 0.177 e. The summed E-state index contributed by atoms with van der Waals surface area (Å²) in [6.07, 6.45) is 2.74. The molecule has 2 atom stereocenters. The molecule has 0 radical (unpaired) electrons. The topological polar surface area (TPSA) is 49.6 Å². The summed E-state index contributed by atoms with van der Waals surface area (Å²) in [5.74, 6) is 0.694. The van der Waals surface area contributed by atoms with Gasteiger partial charge in [-0.2, -0.15) is 4.52 Å². The number of rotatable bonds is 3.